The molecule has 0 heterocycles. The molecule has 0 saturated heterocycles. The van der Waals surface area contributed by atoms with E-state index >= 15 is 0 Å². The van der Waals surface area contributed by atoms with Crippen LogP contribution in [0.5, 0.6) is 0 Å². The molecule has 0 saturated carbocycles. The van der Waals surface area contributed by atoms with Crippen molar-refractivity contribution in [2.75, 3.05) is 13.1 Å². The van der Waals surface area contributed by atoms with Gasteiger partial charge >= 0.3 is 0 Å². The molecule has 0 N–H and O–H groups in total. The van der Waals surface area contributed by atoms with E-state index in [4.69, 9.17) is 2.74 Å². The second kappa shape index (κ2) is 14.1. The maximum atomic E-state index is 13.6. The van der Waals surface area contributed by atoms with E-state index in [0.29, 0.717) is 38.8 Å². The number of rotatable bonds is 16. The zero-order chi connectivity index (χ0) is 21.7. The summed E-state index contributed by atoms with van der Waals surface area (Å²) in [5.41, 5.74) is 0. The Balaban J connectivity index is 2.74. The van der Waals surface area contributed by atoms with Crippen LogP contribution in [0.4, 0.5) is 4.39 Å². The van der Waals surface area contributed by atoms with E-state index in [1.165, 1.54) is 22.5 Å². The molecule has 5 heteroatoms. The van der Waals surface area contributed by atoms with Crippen molar-refractivity contribution in [1.82, 2.24) is 4.31 Å². The van der Waals surface area contributed by atoms with Crippen LogP contribution in [0.1, 0.15) is 93.6 Å². The Hall–Kier alpha value is -0.940. The van der Waals surface area contributed by atoms with Crippen LogP contribution in [-0.4, -0.2) is 25.8 Å². The van der Waals surface area contributed by atoms with E-state index in [9.17, 15) is 12.8 Å². The fraction of sp³-hybridized carbons (Fsp3) is 0.727. The van der Waals surface area contributed by atoms with Gasteiger partial charge in [0.05, 0.1) is 4.90 Å². The topological polar surface area (TPSA) is 37.4 Å². The maximum Gasteiger partial charge on any atom is 0.243 e. The molecule has 27 heavy (non-hydrogen) atoms. The molecule has 2 atom stereocenters. The first-order chi connectivity index (χ1) is 13.8. The molecule has 0 radical (unpaired) electrons. The minimum Gasteiger partial charge on any atom is -0.207 e. The fourth-order valence-electron chi connectivity index (χ4n) is 2.94. The summed E-state index contributed by atoms with van der Waals surface area (Å²) >= 11 is 0. The summed E-state index contributed by atoms with van der Waals surface area (Å²) in [6, 6.07) is 5.13. The first-order valence-electron chi connectivity index (χ1n) is 11.6. The van der Waals surface area contributed by atoms with Gasteiger partial charge in [-0.15, -0.1) is 0 Å². The Labute approximate surface area is 169 Å². The zero-order valence-corrected chi connectivity index (χ0v) is 17.8. The van der Waals surface area contributed by atoms with Gasteiger partial charge in [0.2, 0.25) is 10.0 Å². The van der Waals surface area contributed by atoms with Crippen molar-refractivity contribution >= 4 is 10.0 Å². The molecule has 0 aromatic heterocycles. The molecule has 1 aromatic carbocycles. The summed E-state index contributed by atoms with van der Waals surface area (Å²) in [5, 5.41) is 0. The van der Waals surface area contributed by atoms with E-state index in [0.717, 1.165) is 44.6 Å². The van der Waals surface area contributed by atoms with Crippen LogP contribution >= 0.6 is 0 Å². The smallest absolute Gasteiger partial charge is 0.207 e. The third-order valence-electron chi connectivity index (χ3n) is 4.59. The number of hydrogen-bond acceptors (Lipinski definition) is 2. The minimum atomic E-state index is -3.78. The maximum absolute atomic E-state index is 13.6. The number of halogens is 1. The monoisotopic (exact) mass is 401 g/mol. The molecular weight excluding hydrogens is 361 g/mol. The molecule has 0 fully saturated rings. The third-order valence-corrected chi connectivity index (χ3v) is 6.48. The van der Waals surface area contributed by atoms with Gasteiger partial charge in [0.1, 0.15) is 5.82 Å². The van der Waals surface area contributed by atoms with E-state index in [2.05, 4.69) is 13.8 Å². The summed E-state index contributed by atoms with van der Waals surface area (Å²) in [7, 11) is -3.78. The van der Waals surface area contributed by atoms with E-state index in [1.54, 1.807) is 0 Å². The summed E-state index contributed by atoms with van der Waals surface area (Å²) in [6.07, 6.45) is 8.04. The van der Waals surface area contributed by atoms with Crippen molar-refractivity contribution in [3.63, 3.8) is 0 Å². The summed E-state index contributed by atoms with van der Waals surface area (Å²) in [5.74, 6) is -0.567. The highest BCUT2D eigenvalue weighted by Crippen LogP contribution is 2.19. The summed E-state index contributed by atoms with van der Waals surface area (Å²) in [6.45, 7) is 4.86. The van der Waals surface area contributed by atoms with Crippen molar-refractivity contribution in [1.29, 1.82) is 0 Å². The van der Waals surface area contributed by atoms with Gasteiger partial charge < -0.3 is 0 Å². The van der Waals surface area contributed by atoms with Gasteiger partial charge in [-0.2, -0.15) is 4.31 Å². The van der Waals surface area contributed by atoms with Crippen molar-refractivity contribution < 1.29 is 15.5 Å². The van der Waals surface area contributed by atoms with Crippen LogP contribution in [0.3, 0.4) is 0 Å². The lowest BCUT2D eigenvalue weighted by Gasteiger charge is -2.22. The van der Waals surface area contributed by atoms with Crippen LogP contribution in [0.15, 0.2) is 29.2 Å². The van der Waals surface area contributed by atoms with Gasteiger partial charge in [-0.1, -0.05) is 84.1 Å². The molecule has 0 aliphatic carbocycles. The Kier molecular flexibility index (Phi) is 10.9. The summed E-state index contributed by atoms with van der Waals surface area (Å²) < 4.78 is 57.3. The Morgan fingerprint density at radius 1 is 0.889 bits per heavy atom. The largest absolute Gasteiger partial charge is 0.243 e. The highest BCUT2D eigenvalue weighted by Gasteiger charge is 2.24. The molecule has 2 unspecified atom stereocenters. The van der Waals surface area contributed by atoms with E-state index < -0.39 is 15.8 Å². The summed E-state index contributed by atoms with van der Waals surface area (Å²) in [4.78, 5) is -0.0284. The Morgan fingerprint density at radius 2 is 1.41 bits per heavy atom. The van der Waals surface area contributed by atoms with Gasteiger partial charge in [0, 0.05) is 15.8 Å². The molecule has 0 aliphatic heterocycles. The predicted molar refractivity (Wildman–Crippen MR) is 112 cm³/mol. The first kappa shape index (κ1) is 20.8. The average Bonchev–Trinajstić information content (AvgIpc) is 2.69. The Bertz CT molecular complexity index is 653. The Morgan fingerprint density at radius 3 is 1.89 bits per heavy atom. The van der Waals surface area contributed by atoms with Gasteiger partial charge in [-0.3, -0.25) is 0 Å². The number of nitrogens with zero attached hydrogens (tertiary/aromatic N) is 1. The van der Waals surface area contributed by atoms with Crippen LogP contribution in [0.2, 0.25) is 0 Å². The molecule has 3 nitrogen and oxygen atoms in total. The minimum absolute atomic E-state index is 0.0284. The SMILES string of the molecule is [2H]C(CCCC)CCCN(CCCC([2H])CCCC)S(=O)(=O)c1cccc(F)c1. The van der Waals surface area contributed by atoms with Crippen molar-refractivity contribution in [3.8, 4) is 0 Å². The van der Waals surface area contributed by atoms with E-state index in [-0.39, 0.29) is 17.7 Å². The number of hydrogen-bond donors (Lipinski definition) is 0. The van der Waals surface area contributed by atoms with Crippen LogP contribution in [0.25, 0.3) is 0 Å². The number of sulfonamides is 1. The highest BCUT2D eigenvalue weighted by atomic mass is 32.2. The second-order valence-electron chi connectivity index (χ2n) is 7.01. The van der Waals surface area contributed by atoms with Crippen LogP contribution < -0.4 is 0 Å². The van der Waals surface area contributed by atoms with Gasteiger partial charge in [0.15, 0.2) is 0 Å². The second-order valence-corrected chi connectivity index (χ2v) is 8.95. The standard InChI is InChI=1S/C22H38FNO2S/c1-3-5-7-9-11-13-18-24(19-14-12-10-8-6-4-2)27(25,26)22-17-15-16-21(23)20-22/h15-17,20H,3-14,18-19H2,1-2H3/i9D,10D. The number of unbranched alkanes of at least 4 members (excludes halogenated alkanes) is 2. The van der Waals surface area contributed by atoms with E-state index in [1.807, 2.05) is 0 Å². The average molecular weight is 402 g/mol. The van der Waals surface area contributed by atoms with Crippen LogP contribution in [-0.2, 0) is 10.0 Å². The van der Waals surface area contributed by atoms with Crippen LogP contribution in [0, 0.1) is 5.82 Å². The molecule has 1 aromatic rings. The molecular formula is C22H38FNO2S. The van der Waals surface area contributed by atoms with Crippen molar-refractivity contribution in [2.45, 2.75) is 95.7 Å². The molecule has 0 amide bonds. The number of benzene rings is 1. The first-order valence-corrected chi connectivity index (χ1v) is 11.9. The normalized spacial score (nSPS) is 15.4. The van der Waals surface area contributed by atoms with Crippen molar-refractivity contribution in [2.24, 2.45) is 0 Å². The fourth-order valence-corrected chi connectivity index (χ4v) is 4.49. The molecule has 0 aliphatic rings. The lowest BCUT2D eigenvalue weighted by molar-refractivity contribution is 0.383. The zero-order valence-electron chi connectivity index (χ0n) is 19.0. The molecule has 0 spiro atoms. The predicted octanol–water partition coefficient (Wildman–Crippen LogP) is 6.54. The van der Waals surface area contributed by atoms with Gasteiger partial charge in [0.25, 0.3) is 0 Å². The molecule has 0 bridgehead atoms. The molecule has 156 valence electrons. The lowest BCUT2D eigenvalue weighted by atomic mass is 10.1. The third kappa shape index (κ3) is 9.70. The van der Waals surface area contributed by atoms with Crippen molar-refractivity contribution in [3.05, 3.63) is 30.1 Å². The van der Waals surface area contributed by atoms with Gasteiger partial charge in [-0.25, -0.2) is 12.8 Å². The molecule has 1 rings (SSSR count). The van der Waals surface area contributed by atoms with Gasteiger partial charge in [-0.05, 0) is 31.0 Å². The lowest BCUT2D eigenvalue weighted by Crippen LogP contribution is -2.33. The highest BCUT2D eigenvalue weighted by molar-refractivity contribution is 7.89. The quantitative estimate of drug-likeness (QED) is 0.315.